The molecule has 0 aromatic heterocycles. The number of nitrogens with one attached hydrogen (secondary N) is 1. The number of carbonyl (C=O) groups is 2. The molecule has 0 aliphatic heterocycles. The Morgan fingerprint density at radius 3 is 2.02 bits per heavy atom. The van der Waals surface area contributed by atoms with Gasteiger partial charge in [-0.1, -0.05) is 60.0 Å². The largest absolute Gasteiger partial charge is 0.350 e. The topological polar surface area (TPSA) is 86.8 Å². The number of aryl methyl sites for hydroxylation is 2. The van der Waals surface area contributed by atoms with Crippen LogP contribution in [0.25, 0.3) is 0 Å². The summed E-state index contributed by atoms with van der Waals surface area (Å²) in [5, 5.41) is 3.95. The van der Waals surface area contributed by atoms with Crippen LogP contribution < -0.4 is 9.62 Å². The van der Waals surface area contributed by atoms with Crippen molar-refractivity contribution in [2.24, 2.45) is 0 Å². The lowest BCUT2D eigenvalue weighted by molar-refractivity contribution is -0.141. The molecular formula is C31H37Cl2N3O4S. The highest BCUT2D eigenvalue weighted by atomic mass is 35.5. The van der Waals surface area contributed by atoms with Crippen LogP contribution in [-0.4, -0.2) is 43.3 Å². The molecule has 1 unspecified atom stereocenters. The number of halogens is 2. The van der Waals surface area contributed by atoms with Crippen LogP contribution >= 0.6 is 23.2 Å². The van der Waals surface area contributed by atoms with Crippen LogP contribution in [0.2, 0.25) is 10.0 Å². The Balaban J connectivity index is 2.10. The third-order valence-electron chi connectivity index (χ3n) is 6.47. The summed E-state index contributed by atoms with van der Waals surface area (Å²) in [6.45, 7) is 10.6. The highest BCUT2D eigenvalue weighted by Gasteiger charge is 2.35. The minimum atomic E-state index is -4.17. The van der Waals surface area contributed by atoms with Crippen LogP contribution in [0.1, 0.15) is 50.8 Å². The van der Waals surface area contributed by atoms with Gasteiger partial charge in [-0.15, -0.1) is 0 Å². The molecule has 0 aliphatic carbocycles. The maximum Gasteiger partial charge on any atom is 0.264 e. The molecule has 10 heteroatoms. The predicted octanol–water partition coefficient (Wildman–Crippen LogP) is 6.53. The van der Waals surface area contributed by atoms with Crippen LogP contribution in [-0.2, 0) is 26.2 Å². The number of amides is 2. The van der Waals surface area contributed by atoms with Crippen molar-refractivity contribution in [2.75, 3.05) is 10.8 Å². The fourth-order valence-electron chi connectivity index (χ4n) is 4.41. The molecule has 220 valence electrons. The molecule has 0 spiro atoms. The summed E-state index contributed by atoms with van der Waals surface area (Å²) in [6, 6.07) is 17.4. The van der Waals surface area contributed by atoms with Gasteiger partial charge in [-0.3, -0.25) is 13.9 Å². The molecule has 1 atom stereocenters. The number of sulfonamides is 1. The molecule has 3 rings (SSSR count). The first kappa shape index (κ1) is 32.4. The van der Waals surface area contributed by atoms with Crippen molar-refractivity contribution in [3.8, 4) is 0 Å². The maximum absolute atomic E-state index is 14.2. The molecule has 7 nitrogen and oxygen atoms in total. The van der Waals surface area contributed by atoms with Gasteiger partial charge in [0.2, 0.25) is 11.8 Å². The minimum Gasteiger partial charge on any atom is -0.350 e. The second-order valence-electron chi connectivity index (χ2n) is 11.1. The molecular weight excluding hydrogens is 581 g/mol. The van der Waals surface area contributed by atoms with Gasteiger partial charge in [-0.2, -0.15) is 0 Å². The van der Waals surface area contributed by atoms with Crippen molar-refractivity contribution < 1.29 is 18.0 Å². The van der Waals surface area contributed by atoms with Crippen molar-refractivity contribution in [3.63, 3.8) is 0 Å². The van der Waals surface area contributed by atoms with E-state index in [1.54, 1.807) is 61.5 Å². The fourth-order valence-corrected chi connectivity index (χ4v) is 6.24. The Bertz CT molecular complexity index is 1490. The van der Waals surface area contributed by atoms with Gasteiger partial charge < -0.3 is 10.2 Å². The van der Waals surface area contributed by atoms with Crippen molar-refractivity contribution >= 4 is 50.7 Å². The number of hydrogen-bond donors (Lipinski definition) is 1. The highest BCUT2D eigenvalue weighted by Crippen LogP contribution is 2.30. The van der Waals surface area contributed by atoms with Gasteiger partial charge in [0.05, 0.1) is 10.6 Å². The van der Waals surface area contributed by atoms with Crippen LogP contribution in [0.15, 0.2) is 71.6 Å². The summed E-state index contributed by atoms with van der Waals surface area (Å²) in [7, 11) is -4.17. The van der Waals surface area contributed by atoms with Crippen LogP contribution in [0.5, 0.6) is 0 Å². The molecule has 0 aliphatic rings. The lowest BCUT2D eigenvalue weighted by Crippen LogP contribution is -2.55. The van der Waals surface area contributed by atoms with E-state index in [2.05, 4.69) is 5.32 Å². The Labute approximate surface area is 253 Å². The number of hydrogen-bond acceptors (Lipinski definition) is 4. The summed E-state index contributed by atoms with van der Waals surface area (Å²) in [5.41, 5.74) is 2.03. The standard InChI is InChI=1S/C31H37Cl2N3O4S/c1-7-27(30(38)34-31(4,5)6)35(19-23-10-12-24(32)13-11-23)29(37)20-36(28-17-14-25(33)18-22(28)3)41(39,40)26-15-8-21(2)9-16-26/h8-18,27H,7,19-20H2,1-6H3,(H,34,38). The van der Waals surface area contributed by atoms with Crippen molar-refractivity contribution in [1.29, 1.82) is 0 Å². The lowest BCUT2D eigenvalue weighted by atomic mass is 10.1. The number of rotatable bonds is 10. The Morgan fingerprint density at radius 1 is 0.902 bits per heavy atom. The summed E-state index contributed by atoms with van der Waals surface area (Å²) in [5.74, 6) is -0.848. The summed E-state index contributed by atoms with van der Waals surface area (Å²) in [4.78, 5) is 29.1. The van der Waals surface area contributed by atoms with E-state index in [9.17, 15) is 18.0 Å². The Morgan fingerprint density at radius 2 is 1.49 bits per heavy atom. The van der Waals surface area contributed by atoms with Crippen molar-refractivity contribution in [2.45, 2.75) is 71.0 Å². The first-order chi connectivity index (χ1) is 19.1. The second kappa shape index (κ2) is 13.3. The quantitative estimate of drug-likeness (QED) is 0.280. The number of carbonyl (C=O) groups excluding carboxylic acids is 2. The normalized spacial score (nSPS) is 12.5. The number of benzene rings is 3. The smallest absolute Gasteiger partial charge is 0.264 e. The van der Waals surface area contributed by atoms with Crippen LogP contribution in [0.3, 0.4) is 0 Å². The molecule has 41 heavy (non-hydrogen) atoms. The molecule has 3 aromatic carbocycles. The van der Waals surface area contributed by atoms with Crippen LogP contribution in [0.4, 0.5) is 5.69 Å². The monoisotopic (exact) mass is 617 g/mol. The van der Waals surface area contributed by atoms with Crippen LogP contribution in [0, 0.1) is 13.8 Å². The molecule has 2 amide bonds. The third-order valence-corrected chi connectivity index (χ3v) is 8.73. The zero-order chi connectivity index (χ0) is 30.5. The predicted molar refractivity (Wildman–Crippen MR) is 166 cm³/mol. The fraction of sp³-hybridized carbons (Fsp3) is 0.355. The zero-order valence-corrected chi connectivity index (χ0v) is 26.6. The first-order valence-electron chi connectivity index (χ1n) is 13.3. The highest BCUT2D eigenvalue weighted by molar-refractivity contribution is 7.92. The molecule has 0 saturated carbocycles. The molecule has 0 radical (unpaired) electrons. The van der Waals surface area contributed by atoms with E-state index in [4.69, 9.17) is 23.2 Å². The Hall–Kier alpha value is -3.07. The van der Waals surface area contributed by atoms with Gasteiger partial charge in [0, 0.05) is 22.1 Å². The summed E-state index contributed by atoms with van der Waals surface area (Å²) in [6.07, 6.45) is 0.325. The SMILES string of the molecule is CCC(C(=O)NC(C)(C)C)N(Cc1ccc(Cl)cc1)C(=O)CN(c1ccc(Cl)cc1C)S(=O)(=O)c1ccc(C)cc1. The van der Waals surface area contributed by atoms with E-state index in [1.807, 2.05) is 34.6 Å². The summed E-state index contributed by atoms with van der Waals surface area (Å²) < 4.78 is 29.1. The molecule has 0 saturated heterocycles. The van der Waals surface area contributed by atoms with Gasteiger partial charge in [0.15, 0.2) is 0 Å². The van der Waals surface area contributed by atoms with Crippen molar-refractivity contribution in [3.05, 3.63) is 93.5 Å². The molecule has 3 aromatic rings. The molecule has 0 bridgehead atoms. The van der Waals surface area contributed by atoms with E-state index in [-0.39, 0.29) is 17.3 Å². The van der Waals surface area contributed by atoms with E-state index in [0.29, 0.717) is 27.7 Å². The van der Waals surface area contributed by atoms with E-state index >= 15 is 0 Å². The number of nitrogens with zero attached hydrogens (tertiary/aromatic N) is 2. The summed E-state index contributed by atoms with van der Waals surface area (Å²) >= 11 is 12.3. The second-order valence-corrected chi connectivity index (χ2v) is 13.8. The molecule has 1 N–H and O–H groups in total. The van der Waals surface area contributed by atoms with E-state index in [0.717, 1.165) is 15.4 Å². The minimum absolute atomic E-state index is 0.0482. The van der Waals surface area contributed by atoms with Gasteiger partial charge in [0.1, 0.15) is 12.6 Å². The zero-order valence-electron chi connectivity index (χ0n) is 24.2. The van der Waals surface area contributed by atoms with Gasteiger partial charge in [-0.25, -0.2) is 8.42 Å². The lowest BCUT2D eigenvalue weighted by Gasteiger charge is -2.35. The van der Waals surface area contributed by atoms with E-state index in [1.165, 1.54) is 17.0 Å². The average molecular weight is 619 g/mol. The Kier molecular flexibility index (Phi) is 10.5. The average Bonchev–Trinajstić information content (AvgIpc) is 2.87. The van der Waals surface area contributed by atoms with E-state index < -0.39 is 34.1 Å². The van der Waals surface area contributed by atoms with Gasteiger partial charge in [0.25, 0.3) is 10.0 Å². The molecule has 0 heterocycles. The first-order valence-corrected chi connectivity index (χ1v) is 15.5. The maximum atomic E-state index is 14.2. The van der Waals surface area contributed by atoms with Gasteiger partial charge >= 0.3 is 0 Å². The third kappa shape index (κ3) is 8.47. The number of anilines is 1. The molecule has 0 fully saturated rings. The van der Waals surface area contributed by atoms with Gasteiger partial charge in [-0.05, 0) is 94.6 Å². The van der Waals surface area contributed by atoms with Crippen molar-refractivity contribution in [1.82, 2.24) is 10.2 Å².